The molecule has 0 atom stereocenters. The fourth-order valence-corrected chi connectivity index (χ4v) is 1.63. The summed E-state index contributed by atoms with van der Waals surface area (Å²) in [5.74, 6) is -3.80. The number of hydrogen-bond acceptors (Lipinski definition) is 4. The molecule has 0 radical (unpaired) electrons. The van der Waals surface area contributed by atoms with Gasteiger partial charge in [0.25, 0.3) is 0 Å². The summed E-state index contributed by atoms with van der Waals surface area (Å²) in [6, 6.07) is 6.36. The molecule has 2 aromatic rings. The molecular weight excluding hydrogens is 240 g/mol. The van der Waals surface area contributed by atoms with Crippen molar-refractivity contribution in [1.82, 2.24) is 0 Å². The molecule has 0 spiro atoms. The predicted molar refractivity (Wildman–Crippen MR) is 61.2 cm³/mol. The van der Waals surface area contributed by atoms with Crippen LogP contribution in [0, 0.1) is 0 Å². The summed E-state index contributed by atoms with van der Waals surface area (Å²) in [4.78, 5) is 21.4. The molecule has 0 fully saturated rings. The minimum atomic E-state index is -1.55. The number of furan rings is 1. The maximum absolute atomic E-state index is 10.8. The number of aliphatic carboxylic acids is 2. The van der Waals surface area contributed by atoms with Crippen LogP contribution >= 0.6 is 0 Å². The quantitative estimate of drug-likeness (QED) is 0.693. The molecule has 0 aliphatic carbocycles. The first-order valence-electron chi connectivity index (χ1n) is 4.89. The van der Waals surface area contributed by atoms with Crippen molar-refractivity contribution in [3.8, 4) is 0 Å². The van der Waals surface area contributed by atoms with Gasteiger partial charge in [0.1, 0.15) is 11.0 Å². The normalized spacial score (nSPS) is 13.7. The van der Waals surface area contributed by atoms with Crippen LogP contribution < -0.4 is 10.6 Å². The number of fused-ring (bicyclic) bond motifs is 1. The van der Waals surface area contributed by atoms with Crippen molar-refractivity contribution in [3.05, 3.63) is 34.9 Å². The average Bonchev–Trinajstić information content (AvgIpc) is 2.64. The third kappa shape index (κ3) is 1.91. The third-order valence-electron chi connectivity index (χ3n) is 2.32. The summed E-state index contributed by atoms with van der Waals surface area (Å²) in [6.07, 6.45) is 0.703. The molecule has 6 nitrogen and oxygen atoms in total. The molecule has 6 heteroatoms. The van der Waals surface area contributed by atoms with Crippen molar-refractivity contribution < 1.29 is 29.3 Å². The van der Waals surface area contributed by atoms with E-state index in [4.69, 9.17) is 14.6 Å². The minimum Gasteiger partial charge on any atom is -0.501 e. The molecular formula is C12H8O6. The van der Waals surface area contributed by atoms with Gasteiger partial charge in [-0.25, -0.2) is 9.59 Å². The fraction of sp³-hybridized carbons (Fsp3) is 0. The molecule has 1 heterocycles. The van der Waals surface area contributed by atoms with Gasteiger partial charge in [-0.05, 0) is 6.07 Å². The van der Waals surface area contributed by atoms with E-state index in [0.717, 1.165) is 0 Å². The highest BCUT2D eigenvalue weighted by atomic mass is 16.4. The van der Waals surface area contributed by atoms with Gasteiger partial charge in [-0.15, -0.1) is 0 Å². The second kappa shape index (κ2) is 4.25. The van der Waals surface area contributed by atoms with Gasteiger partial charge >= 0.3 is 11.9 Å². The number of hydrogen-bond donors (Lipinski definition) is 3. The third-order valence-corrected chi connectivity index (χ3v) is 2.32. The van der Waals surface area contributed by atoms with E-state index in [1.807, 2.05) is 0 Å². The van der Waals surface area contributed by atoms with Crippen LogP contribution in [0.25, 0.3) is 22.8 Å². The van der Waals surface area contributed by atoms with Crippen LogP contribution in [0.4, 0.5) is 0 Å². The number of aliphatic hydroxyl groups is 1. The predicted octanol–water partition coefficient (Wildman–Crippen LogP) is 0.0487. The lowest BCUT2D eigenvalue weighted by Crippen LogP contribution is -2.27. The average molecular weight is 248 g/mol. The number of benzene rings is 1. The number of carbonyl (C=O) groups is 2. The van der Waals surface area contributed by atoms with E-state index >= 15 is 0 Å². The first-order valence-corrected chi connectivity index (χ1v) is 4.89. The molecule has 18 heavy (non-hydrogen) atoms. The Bertz CT molecular complexity index is 752. The van der Waals surface area contributed by atoms with E-state index in [0.29, 0.717) is 17.0 Å². The first-order chi connectivity index (χ1) is 8.50. The van der Waals surface area contributed by atoms with Crippen molar-refractivity contribution >= 4 is 34.7 Å². The molecule has 1 aromatic heterocycles. The molecule has 0 saturated heterocycles. The lowest BCUT2D eigenvalue weighted by molar-refractivity contribution is -0.132. The van der Waals surface area contributed by atoms with Crippen LogP contribution in [0.2, 0.25) is 0 Å². The van der Waals surface area contributed by atoms with Crippen molar-refractivity contribution in [2.24, 2.45) is 0 Å². The Labute approximate surface area is 99.7 Å². The molecule has 0 amide bonds. The Morgan fingerprint density at radius 3 is 2.39 bits per heavy atom. The van der Waals surface area contributed by atoms with E-state index in [-0.39, 0.29) is 10.6 Å². The van der Waals surface area contributed by atoms with Crippen molar-refractivity contribution in [2.45, 2.75) is 0 Å². The molecule has 0 aliphatic rings. The Morgan fingerprint density at radius 1 is 1.11 bits per heavy atom. The van der Waals surface area contributed by atoms with Crippen LogP contribution in [0.15, 0.2) is 28.7 Å². The van der Waals surface area contributed by atoms with Gasteiger partial charge in [-0.2, -0.15) is 0 Å². The van der Waals surface area contributed by atoms with Crippen LogP contribution in [0.5, 0.6) is 0 Å². The Balaban J connectivity index is 3.05. The fourth-order valence-electron chi connectivity index (χ4n) is 1.63. The van der Waals surface area contributed by atoms with Gasteiger partial charge in [0.05, 0.1) is 11.3 Å². The van der Waals surface area contributed by atoms with E-state index in [1.54, 1.807) is 18.2 Å². The molecule has 92 valence electrons. The lowest BCUT2D eigenvalue weighted by Gasteiger charge is -1.89. The van der Waals surface area contributed by atoms with Crippen molar-refractivity contribution in [3.63, 3.8) is 0 Å². The van der Waals surface area contributed by atoms with Crippen LogP contribution in [-0.2, 0) is 9.59 Å². The Hall–Kier alpha value is -2.76. The van der Waals surface area contributed by atoms with Crippen LogP contribution in [0.3, 0.4) is 0 Å². The highest BCUT2D eigenvalue weighted by Crippen LogP contribution is 2.07. The SMILES string of the molecule is O=C(O)C=c1oc2ccccc2c1=C(O)C(=O)O. The Kier molecular flexibility index (Phi) is 2.77. The highest BCUT2D eigenvalue weighted by Gasteiger charge is 2.13. The number of para-hydroxylation sites is 1. The maximum Gasteiger partial charge on any atom is 0.371 e. The van der Waals surface area contributed by atoms with Gasteiger partial charge in [0.15, 0.2) is 0 Å². The summed E-state index contributed by atoms with van der Waals surface area (Å²) in [5, 5.41) is 27.2. The summed E-state index contributed by atoms with van der Waals surface area (Å²) in [5.41, 5.74) is 0.0939. The number of carboxylic acids is 2. The zero-order valence-corrected chi connectivity index (χ0v) is 8.95. The number of carboxylic acid groups (broad SMARTS) is 2. The van der Waals surface area contributed by atoms with Gasteiger partial charge in [-0.3, -0.25) is 0 Å². The highest BCUT2D eigenvalue weighted by molar-refractivity contribution is 6.07. The van der Waals surface area contributed by atoms with Gasteiger partial charge in [0.2, 0.25) is 5.76 Å². The summed E-state index contributed by atoms with van der Waals surface area (Å²) >= 11 is 0. The topological polar surface area (TPSA) is 108 Å². The molecule has 2 rings (SSSR count). The van der Waals surface area contributed by atoms with E-state index in [9.17, 15) is 14.7 Å². The van der Waals surface area contributed by atoms with Crippen LogP contribution in [0.1, 0.15) is 0 Å². The maximum atomic E-state index is 10.8. The second-order valence-electron chi connectivity index (χ2n) is 3.47. The zero-order valence-electron chi connectivity index (χ0n) is 8.95. The van der Waals surface area contributed by atoms with Gasteiger partial charge in [-0.1, -0.05) is 18.2 Å². The van der Waals surface area contributed by atoms with E-state index in [1.165, 1.54) is 6.07 Å². The zero-order chi connectivity index (χ0) is 13.3. The van der Waals surface area contributed by atoms with E-state index < -0.39 is 17.7 Å². The molecule has 0 unspecified atom stereocenters. The Morgan fingerprint density at radius 2 is 1.78 bits per heavy atom. The van der Waals surface area contributed by atoms with Crippen LogP contribution in [-0.4, -0.2) is 27.3 Å². The smallest absolute Gasteiger partial charge is 0.371 e. The van der Waals surface area contributed by atoms with Crippen molar-refractivity contribution in [2.75, 3.05) is 0 Å². The monoisotopic (exact) mass is 248 g/mol. The molecule has 0 saturated carbocycles. The summed E-state index contributed by atoms with van der Waals surface area (Å²) in [6.45, 7) is 0. The minimum absolute atomic E-state index is 0.138. The molecule has 0 bridgehead atoms. The van der Waals surface area contributed by atoms with E-state index in [2.05, 4.69) is 0 Å². The molecule has 1 aromatic carbocycles. The summed E-state index contributed by atoms with van der Waals surface area (Å²) in [7, 11) is 0. The summed E-state index contributed by atoms with van der Waals surface area (Å²) < 4.78 is 5.20. The second-order valence-corrected chi connectivity index (χ2v) is 3.47. The van der Waals surface area contributed by atoms with Crippen molar-refractivity contribution in [1.29, 1.82) is 0 Å². The molecule has 3 N–H and O–H groups in total. The van der Waals surface area contributed by atoms with Gasteiger partial charge < -0.3 is 19.7 Å². The van der Waals surface area contributed by atoms with Gasteiger partial charge in [0, 0.05) is 5.39 Å². The first kappa shape index (κ1) is 11.7. The standard InChI is InChI=1S/C12H8O6/c13-9(14)5-8-10(11(15)12(16)17)6-3-1-2-4-7(6)18-8/h1-5,15H,(H,13,14)(H,16,17). The molecule has 0 aliphatic heterocycles. The number of rotatable bonds is 2. The largest absolute Gasteiger partial charge is 0.501 e. The number of aliphatic hydroxyl groups excluding tert-OH is 1. The lowest BCUT2D eigenvalue weighted by atomic mass is 10.2.